The van der Waals surface area contributed by atoms with Gasteiger partial charge in [0.25, 0.3) is 0 Å². The number of rotatable bonds is 5. The molecule has 0 radical (unpaired) electrons. The van der Waals surface area contributed by atoms with E-state index in [0.717, 1.165) is 42.3 Å². The van der Waals surface area contributed by atoms with Crippen LogP contribution in [0.3, 0.4) is 0 Å². The van der Waals surface area contributed by atoms with Crippen LogP contribution in [0, 0.1) is 0 Å². The third-order valence-corrected chi connectivity index (χ3v) is 2.65. The summed E-state index contributed by atoms with van der Waals surface area (Å²) >= 11 is 0. The number of carbonyl (C=O) groups is 1. The second kappa shape index (κ2) is 4.90. The average molecular weight is 218 g/mol. The molecule has 2 rings (SSSR count). The van der Waals surface area contributed by atoms with Crippen molar-refractivity contribution < 1.29 is 9.90 Å². The van der Waals surface area contributed by atoms with Gasteiger partial charge >= 0.3 is 0 Å². The van der Waals surface area contributed by atoms with E-state index in [4.69, 9.17) is 5.11 Å². The predicted molar refractivity (Wildman–Crippen MR) is 61.5 cm³/mol. The minimum Gasteiger partial charge on any atom is -0.396 e. The number of aliphatic hydroxyl groups excluding tert-OH is 1. The molecule has 0 saturated heterocycles. The molecule has 4 nitrogen and oxygen atoms in total. The zero-order chi connectivity index (χ0) is 11.4. The van der Waals surface area contributed by atoms with Gasteiger partial charge in [0.05, 0.1) is 0 Å². The molecule has 0 bridgehead atoms. The quantitative estimate of drug-likeness (QED) is 0.593. The molecule has 0 aliphatic heterocycles. The summed E-state index contributed by atoms with van der Waals surface area (Å²) in [6.45, 7) is 0.189. The van der Waals surface area contributed by atoms with Crippen molar-refractivity contribution in [1.82, 2.24) is 9.97 Å². The first kappa shape index (κ1) is 10.8. The molecule has 0 saturated carbocycles. The Hall–Kier alpha value is -1.68. The molecule has 0 aromatic carbocycles. The van der Waals surface area contributed by atoms with Gasteiger partial charge in [-0.05, 0) is 31.4 Å². The Labute approximate surface area is 93.3 Å². The maximum Gasteiger partial charge on any atom is 0.152 e. The van der Waals surface area contributed by atoms with Crippen LogP contribution in [0.5, 0.6) is 0 Å². The summed E-state index contributed by atoms with van der Waals surface area (Å²) < 4.78 is 0. The molecule has 0 spiro atoms. The highest BCUT2D eigenvalue weighted by atomic mass is 16.2. The predicted octanol–water partition coefficient (Wildman–Crippen LogP) is 1.69. The van der Waals surface area contributed by atoms with Gasteiger partial charge in [0, 0.05) is 29.4 Å². The number of fused-ring (bicyclic) bond motifs is 1. The lowest BCUT2D eigenvalue weighted by Gasteiger charge is -1.97. The van der Waals surface area contributed by atoms with Crippen LogP contribution < -0.4 is 0 Å². The minimum atomic E-state index is 0.189. The van der Waals surface area contributed by atoms with Gasteiger partial charge in [0.2, 0.25) is 0 Å². The number of aryl methyl sites for hydroxylation is 1. The molecule has 0 amide bonds. The molecule has 84 valence electrons. The van der Waals surface area contributed by atoms with Crippen LogP contribution in [0.2, 0.25) is 0 Å². The molecule has 16 heavy (non-hydrogen) atoms. The van der Waals surface area contributed by atoms with E-state index < -0.39 is 0 Å². The van der Waals surface area contributed by atoms with E-state index in [9.17, 15) is 4.79 Å². The van der Waals surface area contributed by atoms with Crippen molar-refractivity contribution in [2.45, 2.75) is 19.3 Å². The molecule has 2 aromatic rings. The van der Waals surface area contributed by atoms with Crippen molar-refractivity contribution in [3.8, 4) is 0 Å². The monoisotopic (exact) mass is 218 g/mol. The third kappa shape index (κ3) is 1.97. The number of aromatic nitrogens is 2. The summed E-state index contributed by atoms with van der Waals surface area (Å²) in [7, 11) is 0. The first-order chi connectivity index (χ1) is 7.86. The van der Waals surface area contributed by atoms with E-state index >= 15 is 0 Å². The van der Waals surface area contributed by atoms with Gasteiger partial charge in [0.15, 0.2) is 6.29 Å². The summed E-state index contributed by atoms with van der Waals surface area (Å²) in [4.78, 5) is 18.4. The number of H-pyrrole nitrogens is 1. The van der Waals surface area contributed by atoms with E-state index in [1.165, 1.54) is 0 Å². The zero-order valence-electron chi connectivity index (χ0n) is 8.94. The number of aliphatic hydroxyl groups is 1. The highest BCUT2D eigenvalue weighted by Crippen LogP contribution is 2.20. The van der Waals surface area contributed by atoms with Gasteiger partial charge in [-0.3, -0.25) is 4.79 Å². The highest BCUT2D eigenvalue weighted by Gasteiger charge is 2.10. The molecule has 0 atom stereocenters. The molecule has 0 fully saturated rings. The molecular weight excluding hydrogens is 204 g/mol. The van der Waals surface area contributed by atoms with Gasteiger partial charge < -0.3 is 10.1 Å². The standard InChI is InChI=1S/C12H14N2O2/c15-7-2-1-5-11-10(8-16)9-4-3-6-13-12(9)14-11/h3-4,6,8,15H,1-2,5,7H2,(H,13,14). The fourth-order valence-corrected chi connectivity index (χ4v) is 1.84. The lowest BCUT2D eigenvalue weighted by atomic mass is 10.1. The number of carbonyl (C=O) groups excluding carboxylic acids is 1. The average Bonchev–Trinajstić information content (AvgIpc) is 2.67. The van der Waals surface area contributed by atoms with E-state index in [2.05, 4.69) is 9.97 Å². The van der Waals surface area contributed by atoms with Crippen molar-refractivity contribution in [1.29, 1.82) is 0 Å². The number of aldehydes is 1. The fraction of sp³-hybridized carbons (Fsp3) is 0.333. The number of hydrogen-bond acceptors (Lipinski definition) is 3. The lowest BCUT2D eigenvalue weighted by molar-refractivity contribution is 0.112. The van der Waals surface area contributed by atoms with Gasteiger partial charge in [-0.2, -0.15) is 0 Å². The minimum absolute atomic E-state index is 0.189. The van der Waals surface area contributed by atoms with E-state index in [-0.39, 0.29) is 6.61 Å². The summed E-state index contributed by atoms with van der Waals surface area (Å²) in [5.74, 6) is 0. The topological polar surface area (TPSA) is 66.0 Å². The molecule has 0 aliphatic carbocycles. The number of nitrogens with one attached hydrogen (secondary N) is 1. The summed E-state index contributed by atoms with van der Waals surface area (Å²) in [5, 5.41) is 9.59. The van der Waals surface area contributed by atoms with Crippen molar-refractivity contribution >= 4 is 17.3 Å². The summed E-state index contributed by atoms with van der Waals surface area (Å²) in [5.41, 5.74) is 2.36. The van der Waals surface area contributed by atoms with Crippen LogP contribution in [0.1, 0.15) is 28.9 Å². The summed E-state index contributed by atoms with van der Waals surface area (Å²) in [6, 6.07) is 3.71. The van der Waals surface area contributed by atoms with Crippen LogP contribution >= 0.6 is 0 Å². The highest BCUT2D eigenvalue weighted by molar-refractivity contribution is 5.97. The second-order valence-corrected chi connectivity index (χ2v) is 3.72. The first-order valence-electron chi connectivity index (χ1n) is 5.38. The Morgan fingerprint density at radius 1 is 1.44 bits per heavy atom. The van der Waals surface area contributed by atoms with Gasteiger partial charge in [-0.1, -0.05) is 0 Å². The smallest absolute Gasteiger partial charge is 0.152 e. The van der Waals surface area contributed by atoms with Crippen LogP contribution in [0.15, 0.2) is 18.3 Å². The Balaban J connectivity index is 2.33. The number of pyridine rings is 1. The molecule has 0 aliphatic rings. The van der Waals surface area contributed by atoms with E-state index in [0.29, 0.717) is 5.56 Å². The van der Waals surface area contributed by atoms with Crippen LogP contribution in [-0.4, -0.2) is 28.0 Å². The normalized spacial score (nSPS) is 10.8. The Morgan fingerprint density at radius 2 is 2.31 bits per heavy atom. The van der Waals surface area contributed by atoms with Gasteiger partial charge in [-0.15, -0.1) is 0 Å². The second-order valence-electron chi connectivity index (χ2n) is 3.72. The lowest BCUT2D eigenvalue weighted by Crippen LogP contribution is -1.92. The van der Waals surface area contributed by atoms with E-state index in [1.54, 1.807) is 6.20 Å². The van der Waals surface area contributed by atoms with E-state index in [1.807, 2.05) is 12.1 Å². The Bertz CT molecular complexity index is 491. The van der Waals surface area contributed by atoms with Crippen LogP contribution in [0.4, 0.5) is 0 Å². The maximum absolute atomic E-state index is 11.0. The van der Waals surface area contributed by atoms with Gasteiger partial charge in [-0.25, -0.2) is 4.98 Å². The van der Waals surface area contributed by atoms with Crippen LogP contribution in [-0.2, 0) is 6.42 Å². The number of aromatic amines is 1. The molecule has 2 aromatic heterocycles. The zero-order valence-corrected chi connectivity index (χ0v) is 8.94. The fourth-order valence-electron chi connectivity index (χ4n) is 1.84. The molecule has 2 heterocycles. The number of unbranched alkanes of at least 4 members (excludes halogenated alkanes) is 1. The molecule has 4 heteroatoms. The third-order valence-electron chi connectivity index (χ3n) is 2.65. The van der Waals surface area contributed by atoms with Crippen molar-refractivity contribution in [3.63, 3.8) is 0 Å². The van der Waals surface area contributed by atoms with Gasteiger partial charge in [0.1, 0.15) is 5.65 Å². The van der Waals surface area contributed by atoms with Crippen LogP contribution in [0.25, 0.3) is 11.0 Å². The summed E-state index contributed by atoms with van der Waals surface area (Å²) in [6.07, 6.45) is 4.95. The Kier molecular flexibility index (Phi) is 3.31. The van der Waals surface area contributed by atoms with Crippen molar-refractivity contribution in [2.75, 3.05) is 6.61 Å². The first-order valence-corrected chi connectivity index (χ1v) is 5.38. The Morgan fingerprint density at radius 3 is 3.06 bits per heavy atom. The number of nitrogens with zero attached hydrogens (tertiary/aromatic N) is 1. The number of hydrogen-bond donors (Lipinski definition) is 2. The largest absolute Gasteiger partial charge is 0.396 e. The maximum atomic E-state index is 11.0. The van der Waals surface area contributed by atoms with Crippen molar-refractivity contribution in [3.05, 3.63) is 29.6 Å². The molecule has 2 N–H and O–H groups in total. The molecular formula is C12H14N2O2. The van der Waals surface area contributed by atoms with Crippen molar-refractivity contribution in [2.24, 2.45) is 0 Å². The molecule has 0 unspecified atom stereocenters. The SMILES string of the molecule is O=Cc1c(CCCCO)[nH]c2ncccc12.